The summed E-state index contributed by atoms with van der Waals surface area (Å²) in [5.74, 6) is -0.221. The lowest BCUT2D eigenvalue weighted by Crippen LogP contribution is -2.51. The van der Waals surface area contributed by atoms with Gasteiger partial charge in [-0.15, -0.1) is 0 Å². The van der Waals surface area contributed by atoms with Crippen molar-refractivity contribution in [3.63, 3.8) is 0 Å². The van der Waals surface area contributed by atoms with Crippen molar-refractivity contribution in [2.75, 3.05) is 0 Å². The van der Waals surface area contributed by atoms with Crippen LogP contribution in [0.5, 0.6) is 0 Å². The molecule has 1 amide bonds. The van der Waals surface area contributed by atoms with Crippen molar-refractivity contribution in [1.82, 2.24) is 10.6 Å². The van der Waals surface area contributed by atoms with Crippen LogP contribution in [0.1, 0.15) is 46.0 Å². The molecular formula is C13H19N3OS. The van der Waals surface area contributed by atoms with Gasteiger partial charge in [-0.3, -0.25) is 4.79 Å². The van der Waals surface area contributed by atoms with Crippen LogP contribution in [0.3, 0.4) is 0 Å². The van der Waals surface area contributed by atoms with Gasteiger partial charge in [0.2, 0.25) is 0 Å². The molecule has 0 aromatic rings. The zero-order chi connectivity index (χ0) is 13.2. The summed E-state index contributed by atoms with van der Waals surface area (Å²) < 4.78 is 0. The zero-order valence-electron chi connectivity index (χ0n) is 10.9. The molecule has 0 aromatic heterocycles. The van der Waals surface area contributed by atoms with Gasteiger partial charge in [-0.2, -0.15) is 5.26 Å². The summed E-state index contributed by atoms with van der Waals surface area (Å²) >= 11 is 1.63. The molecule has 0 unspecified atom stereocenters. The standard InChI is InChI=1S/C13H19N3OS/c1-9(2)15-12-10(8-14)11(17)16-13(18-12)6-4-3-5-7-13/h9,15H,3-7H2,1-2H3,(H,16,17). The molecule has 2 rings (SSSR count). The van der Waals surface area contributed by atoms with Gasteiger partial charge in [0, 0.05) is 6.04 Å². The number of carbonyl (C=O) groups excluding carboxylic acids is 1. The second-order valence-electron chi connectivity index (χ2n) is 5.23. The summed E-state index contributed by atoms with van der Waals surface area (Å²) in [5, 5.41) is 16.1. The van der Waals surface area contributed by atoms with Crippen LogP contribution in [0.4, 0.5) is 0 Å². The van der Waals surface area contributed by atoms with Crippen molar-refractivity contribution in [2.24, 2.45) is 0 Å². The summed E-state index contributed by atoms with van der Waals surface area (Å²) in [5.41, 5.74) is 0.227. The first-order chi connectivity index (χ1) is 8.56. The van der Waals surface area contributed by atoms with Gasteiger partial charge in [0.1, 0.15) is 11.6 Å². The smallest absolute Gasteiger partial charge is 0.265 e. The lowest BCUT2D eigenvalue weighted by molar-refractivity contribution is -0.118. The minimum Gasteiger partial charge on any atom is -0.376 e. The Morgan fingerprint density at radius 2 is 2.06 bits per heavy atom. The van der Waals surface area contributed by atoms with Crippen LogP contribution in [0.2, 0.25) is 0 Å². The Bertz CT molecular complexity index is 416. The maximum Gasteiger partial charge on any atom is 0.265 e. The van der Waals surface area contributed by atoms with E-state index in [1.807, 2.05) is 19.9 Å². The molecule has 1 spiro atoms. The maximum absolute atomic E-state index is 12.0. The van der Waals surface area contributed by atoms with Gasteiger partial charge in [-0.25, -0.2) is 0 Å². The quantitative estimate of drug-likeness (QED) is 0.803. The number of nitrogens with one attached hydrogen (secondary N) is 2. The molecule has 0 bridgehead atoms. The van der Waals surface area contributed by atoms with Crippen LogP contribution in [0.15, 0.2) is 10.6 Å². The summed E-state index contributed by atoms with van der Waals surface area (Å²) in [6.45, 7) is 4.03. The fourth-order valence-electron chi connectivity index (χ4n) is 2.46. The van der Waals surface area contributed by atoms with Gasteiger partial charge in [-0.05, 0) is 26.7 Å². The average molecular weight is 265 g/mol. The van der Waals surface area contributed by atoms with Crippen LogP contribution in [-0.4, -0.2) is 16.8 Å². The third kappa shape index (κ3) is 2.64. The average Bonchev–Trinajstić information content (AvgIpc) is 2.28. The van der Waals surface area contributed by atoms with Crippen molar-refractivity contribution in [3.8, 4) is 6.07 Å². The monoisotopic (exact) mass is 265 g/mol. The lowest BCUT2D eigenvalue weighted by Gasteiger charge is -2.41. The molecule has 4 nitrogen and oxygen atoms in total. The second kappa shape index (κ2) is 5.23. The predicted molar refractivity (Wildman–Crippen MR) is 72.5 cm³/mol. The molecule has 98 valence electrons. The largest absolute Gasteiger partial charge is 0.376 e. The molecule has 1 aliphatic carbocycles. The van der Waals surface area contributed by atoms with Crippen LogP contribution < -0.4 is 10.6 Å². The van der Waals surface area contributed by atoms with Crippen molar-refractivity contribution in [2.45, 2.75) is 56.9 Å². The molecule has 1 fully saturated rings. The van der Waals surface area contributed by atoms with Crippen molar-refractivity contribution in [3.05, 3.63) is 10.6 Å². The fourth-order valence-corrected chi connectivity index (χ4v) is 4.02. The molecule has 0 atom stereocenters. The van der Waals surface area contributed by atoms with E-state index in [9.17, 15) is 4.79 Å². The van der Waals surface area contributed by atoms with Crippen molar-refractivity contribution in [1.29, 1.82) is 5.26 Å². The van der Waals surface area contributed by atoms with E-state index in [-0.39, 0.29) is 22.4 Å². The van der Waals surface area contributed by atoms with Crippen LogP contribution in [-0.2, 0) is 4.79 Å². The maximum atomic E-state index is 12.0. The minimum atomic E-state index is -0.221. The molecule has 1 aliphatic heterocycles. The number of thioether (sulfide) groups is 1. The molecule has 0 aromatic carbocycles. The molecule has 18 heavy (non-hydrogen) atoms. The number of rotatable bonds is 2. The Morgan fingerprint density at radius 1 is 1.39 bits per heavy atom. The number of amides is 1. The molecule has 0 saturated heterocycles. The van der Waals surface area contributed by atoms with E-state index >= 15 is 0 Å². The minimum absolute atomic E-state index is 0.188. The molecular weight excluding hydrogens is 246 g/mol. The molecule has 2 N–H and O–H groups in total. The second-order valence-corrected chi connectivity index (χ2v) is 6.62. The van der Waals surface area contributed by atoms with E-state index in [1.54, 1.807) is 11.8 Å². The van der Waals surface area contributed by atoms with E-state index in [2.05, 4.69) is 10.6 Å². The number of hydrogen-bond acceptors (Lipinski definition) is 4. The normalized spacial score (nSPS) is 22.9. The molecule has 1 saturated carbocycles. The third-order valence-electron chi connectivity index (χ3n) is 3.29. The lowest BCUT2D eigenvalue weighted by atomic mass is 9.94. The van der Waals surface area contributed by atoms with E-state index in [4.69, 9.17) is 5.26 Å². The first-order valence-corrected chi connectivity index (χ1v) is 7.30. The predicted octanol–water partition coefficient (Wildman–Crippen LogP) is 2.24. The molecule has 5 heteroatoms. The third-order valence-corrected chi connectivity index (χ3v) is 4.71. The molecule has 0 radical (unpaired) electrons. The summed E-state index contributed by atoms with van der Waals surface area (Å²) in [6, 6.07) is 2.24. The Hall–Kier alpha value is -1.15. The first-order valence-electron chi connectivity index (χ1n) is 6.49. The highest BCUT2D eigenvalue weighted by Gasteiger charge is 2.41. The topological polar surface area (TPSA) is 64.9 Å². The Morgan fingerprint density at radius 3 is 2.61 bits per heavy atom. The van der Waals surface area contributed by atoms with Crippen molar-refractivity contribution >= 4 is 17.7 Å². The van der Waals surface area contributed by atoms with Gasteiger partial charge in [0.25, 0.3) is 5.91 Å². The zero-order valence-corrected chi connectivity index (χ0v) is 11.7. The highest BCUT2D eigenvalue weighted by Crippen LogP contribution is 2.44. The van der Waals surface area contributed by atoms with Gasteiger partial charge >= 0.3 is 0 Å². The first kappa shape index (κ1) is 13.3. The van der Waals surface area contributed by atoms with Gasteiger partial charge in [-0.1, -0.05) is 31.0 Å². The molecule has 2 aliphatic rings. The summed E-state index contributed by atoms with van der Waals surface area (Å²) in [6.07, 6.45) is 5.50. The van der Waals surface area contributed by atoms with Crippen LogP contribution in [0, 0.1) is 11.3 Å². The fraction of sp³-hybridized carbons (Fsp3) is 0.692. The van der Waals surface area contributed by atoms with Gasteiger partial charge in [0.05, 0.1) is 9.90 Å². The molecule has 1 heterocycles. The van der Waals surface area contributed by atoms with E-state index < -0.39 is 0 Å². The number of nitriles is 1. The SMILES string of the molecule is CC(C)NC1=C(C#N)C(=O)NC2(CCCCC2)S1. The summed E-state index contributed by atoms with van der Waals surface area (Å²) in [7, 11) is 0. The summed E-state index contributed by atoms with van der Waals surface area (Å²) in [4.78, 5) is 11.9. The number of hydrogen-bond donors (Lipinski definition) is 2. The van der Waals surface area contributed by atoms with E-state index in [1.165, 1.54) is 6.42 Å². The van der Waals surface area contributed by atoms with E-state index in [0.717, 1.165) is 30.7 Å². The number of nitrogens with zero attached hydrogens (tertiary/aromatic N) is 1. The number of carbonyl (C=O) groups is 1. The Balaban J connectivity index is 2.27. The van der Waals surface area contributed by atoms with Gasteiger partial charge < -0.3 is 10.6 Å². The van der Waals surface area contributed by atoms with Crippen LogP contribution in [0.25, 0.3) is 0 Å². The van der Waals surface area contributed by atoms with Crippen molar-refractivity contribution < 1.29 is 4.79 Å². The van der Waals surface area contributed by atoms with Gasteiger partial charge in [0.15, 0.2) is 0 Å². The van der Waals surface area contributed by atoms with Crippen LogP contribution >= 0.6 is 11.8 Å². The van der Waals surface area contributed by atoms with E-state index in [0.29, 0.717) is 0 Å². The highest BCUT2D eigenvalue weighted by molar-refractivity contribution is 8.04. The Labute approximate surface area is 112 Å². The Kier molecular flexibility index (Phi) is 3.86. The highest BCUT2D eigenvalue weighted by atomic mass is 32.2.